The zero-order chi connectivity index (χ0) is 65.0. The van der Waals surface area contributed by atoms with Gasteiger partial charge in [-0.25, -0.2) is 0 Å². The first-order valence-corrected chi connectivity index (χ1v) is 32.6. The average molecular weight is 1300 g/mol. The van der Waals surface area contributed by atoms with E-state index in [1.54, 1.807) is 52.0 Å². The molecule has 12 nitrogen and oxygen atoms in total. The van der Waals surface area contributed by atoms with Gasteiger partial charge in [-0.15, -0.1) is 35.1 Å². The summed E-state index contributed by atoms with van der Waals surface area (Å²) in [6.45, 7) is 1.10. The fraction of sp³-hybridized carbons (Fsp3) is 0.441. The van der Waals surface area contributed by atoms with Crippen molar-refractivity contribution in [3.05, 3.63) is 191 Å². The van der Waals surface area contributed by atoms with Gasteiger partial charge in [-0.1, -0.05) is 148 Å². The Morgan fingerprint density at radius 1 is 0.449 bits per heavy atom. The Morgan fingerprint density at radius 3 is 1.04 bits per heavy atom. The van der Waals surface area contributed by atoms with E-state index in [4.69, 9.17) is 44.8 Å². The van der Waals surface area contributed by atoms with Crippen LogP contribution in [0.3, 0.4) is 0 Å². The Kier molecular flexibility index (Phi) is 34.3. The lowest BCUT2D eigenvalue weighted by Gasteiger charge is -2.37. The topological polar surface area (TPSA) is 143 Å². The first-order chi connectivity index (χ1) is 42.9. The molecule has 2 amide bonds. The summed E-state index contributed by atoms with van der Waals surface area (Å²) in [5, 5.41) is 14.7. The average Bonchev–Trinajstić information content (AvgIpc) is 0.936. The zero-order valence-corrected chi connectivity index (χ0v) is 53.9. The molecule has 3 N–H and O–H groups in total. The molecule has 2 atom stereocenters. The van der Waals surface area contributed by atoms with Crippen LogP contribution < -0.4 is 29.6 Å². The monoisotopic (exact) mass is 1300 g/mol. The predicted octanol–water partition coefficient (Wildman–Crippen LogP) is 15.4. The summed E-state index contributed by atoms with van der Waals surface area (Å²) in [6.07, 6.45) is 1.26. The van der Waals surface area contributed by atoms with Crippen LogP contribution in [0.5, 0.6) is 23.0 Å². The van der Waals surface area contributed by atoms with Gasteiger partial charge in [-0.2, -0.15) is 26.3 Å². The second-order valence-electron chi connectivity index (χ2n) is 20.6. The van der Waals surface area contributed by atoms with Crippen LogP contribution in [0.15, 0.2) is 158 Å². The number of rotatable bonds is 36. The minimum Gasteiger partial charge on any atom is -0.497 e. The number of unbranched alkanes of at least 4 members (excludes halogenated alkanes) is 6. The molecule has 6 rings (SSSR count). The summed E-state index contributed by atoms with van der Waals surface area (Å²) in [5.74, 6) is -0.393. The number of aliphatic hydroxyl groups is 1. The number of methoxy groups -OCH3 is 4. The number of thioether (sulfide) groups is 2. The molecule has 6 aromatic carbocycles. The maximum atomic E-state index is 12.4. The van der Waals surface area contributed by atoms with Crippen molar-refractivity contribution in [3.63, 3.8) is 0 Å². The standard InChI is InChI=1S/C34H42F3NO5S.C32H38F3NO5.C2H5ClS/c1-40-30-18-14-28(15-19-30)33(27-12-8-6-9-13-27,29-16-20-31(41-2)21-17-29)43-24-26(23-42-25-44-3)11-7-4-5-10-22-38-32(39)34(35,36)37;1-39-28-17-13-26(14-18-28)31(25-11-7-5-8-12-25,27-15-19-29(40-2)20-16-27)41-23-24(22-37)10-6-3-4-9-21-36-30(38)32(33,34)35;1-4-2-3/h6,8-9,12-21,26H,4-5,7,10-11,22-25H2,1-3H3,(H,38,39);5,7-8,11-20,24,37H,3-4,6,9-10,21-23H2,1-2H3,(H,36,38);2H2,1H3. The second kappa shape index (κ2) is 40.6. The highest BCUT2D eigenvalue weighted by Crippen LogP contribution is 2.44. The number of hydrogen-bond acceptors (Lipinski definition) is 12. The highest BCUT2D eigenvalue weighted by Gasteiger charge is 2.41. The van der Waals surface area contributed by atoms with Crippen molar-refractivity contribution in [2.24, 2.45) is 11.8 Å². The molecule has 0 aliphatic rings. The lowest BCUT2D eigenvalue weighted by molar-refractivity contribution is -0.173. The molecule has 0 heterocycles. The first kappa shape index (κ1) is 75.3. The van der Waals surface area contributed by atoms with Crippen LogP contribution in [-0.2, 0) is 35.0 Å². The zero-order valence-electron chi connectivity index (χ0n) is 51.5. The van der Waals surface area contributed by atoms with E-state index < -0.39 is 35.4 Å². The summed E-state index contributed by atoms with van der Waals surface area (Å²) >= 11 is 8.38. The smallest absolute Gasteiger partial charge is 0.471 e. The van der Waals surface area contributed by atoms with Gasteiger partial charge in [0.1, 0.15) is 34.2 Å². The van der Waals surface area contributed by atoms with Crippen LogP contribution in [-0.4, -0.2) is 121 Å². The third-order valence-electron chi connectivity index (χ3n) is 14.5. The number of hydrogen-bond donors (Lipinski definition) is 3. The number of carbonyl (C=O) groups is 2. The molecule has 6 aromatic rings. The van der Waals surface area contributed by atoms with Gasteiger partial charge in [-0.05, 0) is 120 Å². The largest absolute Gasteiger partial charge is 0.497 e. The summed E-state index contributed by atoms with van der Waals surface area (Å²) in [6, 6.07) is 51.2. The van der Waals surface area contributed by atoms with E-state index in [1.165, 1.54) is 0 Å². The Bertz CT molecular complexity index is 2770. The minimum atomic E-state index is -4.86. The lowest BCUT2D eigenvalue weighted by atomic mass is 9.79. The Hall–Kier alpha value is -6.13. The first-order valence-electron chi connectivity index (χ1n) is 29.3. The van der Waals surface area contributed by atoms with Crippen LogP contribution in [0, 0.1) is 11.8 Å². The number of amides is 2. The van der Waals surface area contributed by atoms with E-state index in [-0.39, 0.29) is 38.1 Å². The number of aliphatic hydroxyl groups excluding tert-OH is 1. The molecule has 0 radical (unpaired) electrons. The van der Waals surface area contributed by atoms with Crippen molar-refractivity contribution >= 4 is 46.9 Å². The fourth-order valence-corrected chi connectivity index (χ4v) is 10.1. The van der Waals surface area contributed by atoms with Crippen LogP contribution in [0.4, 0.5) is 26.3 Å². The van der Waals surface area contributed by atoms with E-state index in [2.05, 4.69) is 12.1 Å². The lowest BCUT2D eigenvalue weighted by Crippen LogP contribution is -2.37. The van der Waals surface area contributed by atoms with Gasteiger partial charge >= 0.3 is 24.2 Å². The number of carbonyl (C=O) groups excluding carboxylic acids is 2. The number of halogens is 7. The molecule has 0 saturated heterocycles. The maximum Gasteiger partial charge on any atom is 0.471 e. The van der Waals surface area contributed by atoms with E-state index >= 15 is 0 Å². The molecule has 0 saturated carbocycles. The van der Waals surface area contributed by atoms with Crippen molar-refractivity contribution < 1.29 is 74.2 Å². The van der Waals surface area contributed by atoms with Gasteiger partial charge in [0.05, 0.1) is 59.4 Å². The molecular formula is C68H85ClF6N2O10S2. The van der Waals surface area contributed by atoms with Crippen molar-refractivity contribution in [1.82, 2.24) is 10.6 Å². The van der Waals surface area contributed by atoms with Crippen molar-refractivity contribution in [2.75, 3.05) is 91.6 Å². The molecule has 0 aromatic heterocycles. The van der Waals surface area contributed by atoms with Gasteiger partial charge in [0.15, 0.2) is 0 Å². The van der Waals surface area contributed by atoms with Crippen LogP contribution in [0.25, 0.3) is 0 Å². The summed E-state index contributed by atoms with van der Waals surface area (Å²) in [7, 11) is 6.50. The molecular weight excluding hydrogens is 1220 g/mol. The molecule has 2 unspecified atom stereocenters. The highest BCUT2D eigenvalue weighted by atomic mass is 35.5. The fourth-order valence-electron chi connectivity index (χ4n) is 9.80. The van der Waals surface area contributed by atoms with Crippen LogP contribution in [0.2, 0.25) is 0 Å². The van der Waals surface area contributed by atoms with E-state index in [1.807, 2.05) is 169 Å². The summed E-state index contributed by atoms with van der Waals surface area (Å²) in [4.78, 5) is 21.9. The predicted molar refractivity (Wildman–Crippen MR) is 343 cm³/mol. The minimum absolute atomic E-state index is 0.00500. The Balaban J connectivity index is 0.000000359. The number of benzene rings is 6. The maximum absolute atomic E-state index is 12.4. The van der Waals surface area contributed by atoms with E-state index in [0.717, 1.165) is 88.5 Å². The molecule has 0 spiro atoms. The van der Waals surface area contributed by atoms with Gasteiger partial charge < -0.3 is 48.9 Å². The number of alkyl halides is 7. The number of ether oxygens (including phenoxy) is 7. The van der Waals surface area contributed by atoms with Crippen molar-refractivity contribution in [1.29, 1.82) is 0 Å². The molecule has 0 fully saturated rings. The Morgan fingerprint density at radius 2 is 0.753 bits per heavy atom. The van der Waals surface area contributed by atoms with Crippen LogP contribution >= 0.6 is 35.1 Å². The molecule has 0 aliphatic heterocycles. The third kappa shape index (κ3) is 24.5. The molecule has 0 aliphatic carbocycles. The highest BCUT2D eigenvalue weighted by molar-refractivity contribution is 7.99. The van der Waals surface area contributed by atoms with Gasteiger partial charge in [0.25, 0.3) is 0 Å². The van der Waals surface area contributed by atoms with Crippen molar-refractivity contribution in [2.45, 2.75) is 87.8 Å². The van der Waals surface area contributed by atoms with Gasteiger partial charge in [-0.3, -0.25) is 9.59 Å². The van der Waals surface area contributed by atoms with E-state index in [9.17, 15) is 41.0 Å². The van der Waals surface area contributed by atoms with Crippen LogP contribution in [0.1, 0.15) is 97.6 Å². The number of nitrogens with one attached hydrogen (secondary N) is 2. The van der Waals surface area contributed by atoms with Gasteiger partial charge in [0.2, 0.25) is 0 Å². The Labute approximate surface area is 534 Å². The summed E-state index contributed by atoms with van der Waals surface area (Å²) < 4.78 is 116. The van der Waals surface area contributed by atoms with E-state index in [0.29, 0.717) is 56.5 Å². The quantitative estimate of drug-likeness (QED) is 0.0113. The molecule has 89 heavy (non-hydrogen) atoms. The van der Waals surface area contributed by atoms with Crippen molar-refractivity contribution in [3.8, 4) is 23.0 Å². The second-order valence-corrected chi connectivity index (χ2v) is 22.9. The summed E-state index contributed by atoms with van der Waals surface area (Å²) in [5.41, 5.74) is 3.66. The molecule has 0 bridgehead atoms. The normalized spacial score (nSPS) is 12.3. The molecule has 488 valence electrons. The third-order valence-corrected chi connectivity index (χ3v) is 15.8. The SMILES string of the molecule is COc1ccc(C(OCC(CCCCCCNC(=O)C(F)(F)F)COCSC)(c2ccccc2)c2ccc(OC)cc2)cc1.COc1ccc(C(OCC(CO)CCCCCCNC(=O)C(F)(F)F)(c2ccccc2)c2ccc(OC)cc2)cc1.CSCCl. The van der Waals surface area contributed by atoms with Gasteiger partial charge in [0, 0.05) is 31.5 Å². The molecule has 21 heteroatoms.